The number of carbonyl (C=O) groups excluding carboxylic acids is 2. The van der Waals surface area contributed by atoms with Crippen molar-refractivity contribution < 1.29 is 18.7 Å². The first-order valence-corrected chi connectivity index (χ1v) is 7.43. The van der Waals surface area contributed by atoms with Gasteiger partial charge in [-0.2, -0.15) is 0 Å². The van der Waals surface area contributed by atoms with Crippen LogP contribution in [0.3, 0.4) is 0 Å². The largest absolute Gasteiger partial charge is 0.452 e. The Kier molecular flexibility index (Phi) is 5.55. The van der Waals surface area contributed by atoms with Crippen LogP contribution in [-0.4, -0.2) is 24.5 Å². The molecule has 1 aliphatic carbocycles. The van der Waals surface area contributed by atoms with E-state index in [0.29, 0.717) is 5.92 Å². The molecule has 1 aromatic carbocycles. The first-order chi connectivity index (χ1) is 10.5. The number of carbonyl (C=O) groups is 2. The van der Waals surface area contributed by atoms with Crippen molar-refractivity contribution in [3.63, 3.8) is 0 Å². The van der Waals surface area contributed by atoms with Gasteiger partial charge in [-0.1, -0.05) is 17.7 Å². The Morgan fingerprint density at radius 1 is 1.50 bits per heavy atom. The molecule has 0 saturated heterocycles. The molecule has 1 amide bonds. The van der Waals surface area contributed by atoms with Crippen LogP contribution in [-0.2, 0) is 14.3 Å². The van der Waals surface area contributed by atoms with Crippen LogP contribution in [0.4, 0.5) is 4.39 Å². The first kappa shape index (κ1) is 16.5. The van der Waals surface area contributed by atoms with Crippen molar-refractivity contribution >= 4 is 29.6 Å². The SMILES string of the molecule is C[C@H](NC(=O)COC(=O)/C=C/c1c(F)cccc1Cl)C1CC1. The number of hydrogen-bond donors (Lipinski definition) is 1. The summed E-state index contributed by atoms with van der Waals surface area (Å²) in [7, 11) is 0. The fourth-order valence-corrected chi connectivity index (χ4v) is 2.24. The minimum Gasteiger partial charge on any atom is -0.452 e. The van der Waals surface area contributed by atoms with Gasteiger partial charge in [-0.25, -0.2) is 9.18 Å². The average molecular weight is 326 g/mol. The Balaban J connectivity index is 1.80. The highest BCUT2D eigenvalue weighted by atomic mass is 35.5. The highest BCUT2D eigenvalue weighted by molar-refractivity contribution is 6.32. The van der Waals surface area contributed by atoms with Crippen molar-refractivity contribution in [1.82, 2.24) is 5.32 Å². The third-order valence-electron chi connectivity index (χ3n) is 3.45. The highest BCUT2D eigenvalue weighted by Gasteiger charge is 2.28. The molecule has 0 aliphatic heterocycles. The van der Waals surface area contributed by atoms with E-state index in [4.69, 9.17) is 16.3 Å². The van der Waals surface area contributed by atoms with Crippen LogP contribution < -0.4 is 5.32 Å². The van der Waals surface area contributed by atoms with Crippen LogP contribution >= 0.6 is 11.6 Å². The van der Waals surface area contributed by atoms with E-state index in [1.807, 2.05) is 6.92 Å². The lowest BCUT2D eigenvalue weighted by Gasteiger charge is -2.12. The van der Waals surface area contributed by atoms with E-state index in [1.165, 1.54) is 24.3 Å². The molecule has 1 fully saturated rings. The van der Waals surface area contributed by atoms with Gasteiger partial charge in [-0.05, 0) is 43.9 Å². The zero-order chi connectivity index (χ0) is 16.1. The van der Waals surface area contributed by atoms with Gasteiger partial charge < -0.3 is 10.1 Å². The van der Waals surface area contributed by atoms with Crippen LogP contribution in [0.5, 0.6) is 0 Å². The van der Waals surface area contributed by atoms with Gasteiger partial charge in [0.2, 0.25) is 0 Å². The summed E-state index contributed by atoms with van der Waals surface area (Å²) in [5.74, 6) is -1.08. The molecule has 0 unspecified atom stereocenters. The molecule has 0 aromatic heterocycles. The third kappa shape index (κ3) is 4.84. The van der Waals surface area contributed by atoms with E-state index in [9.17, 15) is 14.0 Å². The van der Waals surface area contributed by atoms with Crippen molar-refractivity contribution in [3.05, 3.63) is 40.7 Å². The maximum absolute atomic E-state index is 13.5. The van der Waals surface area contributed by atoms with E-state index in [2.05, 4.69) is 5.32 Å². The quantitative estimate of drug-likeness (QED) is 0.646. The summed E-state index contributed by atoms with van der Waals surface area (Å²) in [6.45, 7) is 1.57. The molecular formula is C16H17ClFNO3. The van der Waals surface area contributed by atoms with E-state index < -0.39 is 11.8 Å². The summed E-state index contributed by atoms with van der Waals surface area (Å²) in [4.78, 5) is 23.1. The fourth-order valence-electron chi connectivity index (χ4n) is 2.02. The number of rotatable bonds is 6. The standard InChI is InChI=1S/C16H17ClFNO3/c1-10(11-5-6-11)19-15(20)9-22-16(21)8-7-12-13(17)3-2-4-14(12)18/h2-4,7-8,10-11H,5-6,9H2,1H3,(H,19,20)/b8-7+/t10-/m0/s1. The molecule has 2 rings (SSSR count). The van der Waals surface area contributed by atoms with Gasteiger partial charge in [-0.15, -0.1) is 0 Å². The average Bonchev–Trinajstić information content (AvgIpc) is 3.29. The van der Waals surface area contributed by atoms with Crippen LogP contribution in [0.2, 0.25) is 5.02 Å². The molecular weight excluding hydrogens is 309 g/mol. The van der Waals surface area contributed by atoms with Gasteiger partial charge in [-0.3, -0.25) is 4.79 Å². The van der Waals surface area contributed by atoms with Crippen molar-refractivity contribution in [2.24, 2.45) is 5.92 Å². The Morgan fingerprint density at radius 2 is 2.23 bits per heavy atom. The summed E-state index contributed by atoms with van der Waals surface area (Å²) in [5.41, 5.74) is 0.105. The summed E-state index contributed by atoms with van der Waals surface area (Å²) >= 11 is 5.83. The second kappa shape index (κ2) is 7.40. The van der Waals surface area contributed by atoms with Crippen molar-refractivity contribution in [1.29, 1.82) is 0 Å². The number of esters is 1. The normalized spacial score (nSPS) is 15.6. The summed E-state index contributed by atoms with van der Waals surface area (Å²) in [5, 5.41) is 2.96. The molecule has 0 spiro atoms. The van der Waals surface area contributed by atoms with Crippen LogP contribution in [0.25, 0.3) is 6.08 Å². The number of amides is 1. The first-order valence-electron chi connectivity index (χ1n) is 7.05. The number of halogens is 2. The molecule has 1 N–H and O–H groups in total. The lowest BCUT2D eigenvalue weighted by Crippen LogP contribution is -2.36. The van der Waals surface area contributed by atoms with E-state index in [1.54, 1.807) is 0 Å². The molecule has 6 heteroatoms. The molecule has 4 nitrogen and oxygen atoms in total. The third-order valence-corrected chi connectivity index (χ3v) is 3.78. The van der Waals surface area contributed by atoms with Crippen molar-refractivity contribution in [2.45, 2.75) is 25.8 Å². The molecule has 1 aromatic rings. The Labute approximate surface area is 133 Å². The molecule has 0 bridgehead atoms. The van der Waals surface area contributed by atoms with E-state index in [0.717, 1.165) is 18.9 Å². The number of ether oxygens (including phenoxy) is 1. The van der Waals surface area contributed by atoms with Gasteiger partial charge in [0.1, 0.15) is 5.82 Å². The van der Waals surface area contributed by atoms with Crippen LogP contribution in [0.15, 0.2) is 24.3 Å². The summed E-state index contributed by atoms with van der Waals surface area (Å²) in [6, 6.07) is 4.32. The van der Waals surface area contributed by atoms with Crippen molar-refractivity contribution in [2.75, 3.05) is 6.61 Å². The van der Waals surface area contributed by atoms with Gasteiger partial charge in [0.25, 0.3) is 5.91 Å². The Hall–Kier alpha value is -1.88. The predicted molar refractivity (Wildman–Crippen MR) is 81.7 cm³/mol. The molecule has 0 radical (unpaired) electrons. The lowest BCUT2D eigenvalue weighted by atomic mass is 10.2. The molecule has 22 heavy (non-hydrogen) atoms. The highest BCUT2D eigenvalue weighted by Crippen LogP contribution is 2.32. The van der Waals surface area contributed by atoms with Gasteiger partial charge >= 0.3 is 5.97 Å². The zero-order valence-corrected chi connectivity index (χ0v) is 12.9. The minimum absolute atomic E-state index is 0.0963. The topological polar surface area (TPSA) is 55.4 Å². The molecule has 0 heterocycles. The second-order valence-electron chi connectivity index (χ2n) is 5.27. The minimum atomic E-state index is -0.728. The Morgan fingerprint density at radius 3 is 2.86 bits per heavy atom. The lowest BCUT2D eigenvalue weighted by molar-refractivity contribution is -0.144. The van der Waals surface area contributed by atoms with E-state index >= 15 is 0 Å². The van der Waals surface area contributed by atoms with Crippen molar-refractivity contribution in [3.8, 4) is 0 Å². The van der Waals surface area contributed by atoms with Crippen LogP contribution in [0, 0.1) is 11.7 Å². The maximum atomic E-state index is 13.5. The number of benzene rings is 1. The fraction of sp³-hybridized carbons (Fsp3) is 0.375. The van der Waals surface area contributed by atoms with Crippen LogP contribution in [0.1, 0.15) is 25.3 Å². The summed E-state index contributed by atoms with van der Waals surface area (Å²) in [6.07, 6.45) is 4.51. The number of hydrogen-bond acceptors (Lipinski definition) is 3. The predicted octanol–water partition coefficient (Wildman–Crippen LogP) is 2.95. The van der Waals surface area contributed by atoms with Gasteiger partial charge in [0, 0.05) is 17.7 Å². The maximum Gasteiger partial charge on any atom is 0.331 e. The molecule has 1 atom stereocenters. The smallest absolute Gasteiger partial charge is 0.331 e. The Bertz CT molecular complexity index is 579. The number of nitrogens with one attached hydrogen (secondary N) is 1. The van der Waals surface area contributed by atoms with Gasteiger partial charge in [0.15, 0.2) is 6.61 Å². The second-order valence-corrected chi connectivity index (χ2v) is 5.68. The molecule has 1 aliphatic rings. The molecule has 118 valence electrons. The molecule has 1 saturated carbocycles. The van der Waals surface area contributed by atoms with E-state index in [-0.39, 0.29) is 29.1 Å². The monoisotopic (exact) mass is 325 g/mol. The van der Waals surface area contributed by atoms with Gasteiger partial charge in [0.05, 0.1) is 5.02 Å². The summed E-state index contributed by atoms with van der Waals surface area (Å²) < 4.78 is 18.3. The zero-order valence-electron chi connectivity index (χ0n) is 12.1.